The SMILES string of the molecule is CCCP(O)Oc1cc(OC)ccc1C(=O)c1ccc(OC)cc1OP(CCC)OC1CC(C)CC[C@H]1C(C)C. The molecule has 7 nitrogen and oxygen atoms in total. The number of hydrogen-bond acceptors (Lipinski definition) is 7. The van der Waals surface area contributed by atoms with Crippen LogP contribution in [0.25, 0.3) is 0 Å². The van der Waals surface area contributed by atoms with Crippen LogP contribution in [0.1, 0.15) is 82.6 Å². The highest BCUT2D eigenvalue weighted by Gasteiger charge is 2.34. The summed E-state index contributed by atoms with van der Waals surface area (Å²) in [7, 11) is 0.139. The van der Waals surface area contributed by atoms with E-state index in [1.165, 1.54) is 6.42 Å². The van der Waals surface area contributed by atoms with E-state index in [-0.39, 0.29) is 17.6 Å². The third-order valence-corrected chi connectivity index (χ3v) is 10.3. The summed E-state index contributed by atoms with van der Waals surface area (Å²) in [5.74, 6) is 3.22. The Balaban J connectivity index is 1.95. The lowest BCUT2D eigenvalue weighted by molar-refractivity contribution is 0.0484. The largest absolute Gasteiger partial charge is 0.497 e. The van der Waals surface area contributed by atoms with Crippen LogP contribution in [0.5, 0.6) is 23.0 Å². The lowest BCUT2D eigenvalue weighted by Gasteiger charge is -2.38. The molecule has 0 amide bonds. The fourth-order valence-electron chi connectivity index (χ4n) is 5.08. The van der Waals surface area contributed by atoms with Crippen LogP contribution in [-0.4, -0.2) is 43.3 Å². The van der Waals surface area contributed by atoms with Crippen molar-refractivity contribution in [1.82, 2.24) is 0 Å². The molecule has 3 rings (SSSR count). The van der Waals surface area contributed by atoms with Crippen molar-refractivity contribution in [3.05, 3.63) is 47.5 Å². The zero-order chi connectivity index (χ0) is 29.2. The van der Waals surface area contributed by atoms with Crippen molar-refractivity contribution in [2.24, 2.45) is 17.8 Å². The second-order valence-electron chi connectivity index (χ2n) is 10.8. The van der Waals surface area contributed by atoms with Crippen LogP contribution in [-0.2, 0) is 4.52 Å². The average molecular weight is 593 g/mol. The van der Waals surface area contributed by atoms with E-state index in [9.17, 15) is 9.69 Å². The van der Waals surface area contributed by atoms with E-state index in [0.717, 1.165) is 31.8 Å². The highest BCUT2D eigenvalue weighted by molar-refractivity contribution is 7.47. The van der Waals surface area contributed by atoms with Gasteiger partial charge in [0.15, 0.2) is 0 Å². The standard InChI is InChI=1S/C31H46O7P2/c1-8-16-39(33)36-29-19-23(34-6)11-14-26(29)31(32)27-15-12-24(35-7)20-30(27)38-40(17-9-2)37-28-18-22(5)10-13-25(28)21(3)4/h11-12,14-15,19-22,25,28,33H,8-10,13,16-18H2,1-7H3/t22?,25-,28?,39?,40?/m0/s1. The van der Waals surface area contributed by atoms with Gasteiger partial charge in [0.25, 0.3) is 0 Å². The van der Waals surface area contributed by atoms with E-state index in [2.05, 4.69) is 27.7 Å². The van der Waals surface area contributed by atoms with Gasteiger partial charge in [-0.3, -0.25) is 4.79 Å². The van der Waals surface area contributed by atoms with Gasteiger partial charge in [0, 0.05) is 24.5 Å². The molecule has 0 spiro atoms. The molecule has 40 heavy (non-hydrogen) atoms. The molecule has 0 radical (unpaired) electrons. The molecule has 2 aromatic carbocycles. The molecule has 1 fully saturated rings. The Labute approximate surface area is 242 Å². The molecule has 5 atom stereocenters. The lowest BCUT2D eigenvalue weighted by atomic mass is 9.75. The number of hydrogen-bond donors (Lipinski definition) is 1. The molecule has 1 N–H and O–H groups in total. The minimum Gasteiger partial charge on any atom is -0.497 e. The predicted octanol–water partition coefficient (Wildman–Crippen LogP) is 8.61. The van der Waals surface area contributed by atoms with Gasteiger partial charge in [-0.1, -0.05) is 41.0 Å². The van der Waals surface area contributed by atoms with Crippen LogP contribution in [0.2, 0.25) is 0 Å². The number of carbonyl (C=O) groups excluding carboxylic acids is 1. The van der Waals surface area contributed by atoms with Gasteiger partial charge in [-0.05, 0) is 67.7 Å². The van der Waals surface area contributed by atoms with Crippen molar-refractivity contribution in [1.29, 1.82) is 0 Å². The summed E-state index contributed by atoms with van der Waals surface area (Å²) in [5, 5.41) is 0. The first-order valence-electron chi connectivity index (χ1n) is 14.4. The molecule has 2 aromatic rings. The molecule has 0 aliphatic heterocycles. The van der Waals surface area contributed by atoms with Crippen molar-refractivity contribution >= 4 is 22.5 Å². The maximum atomic E-state index is 14.0. The second kappa shape index (κ2) is 15.9. The van der Waals surface area contributed by atoms with E-state index in [1.54, 1.807) is 50.6 Å². The molecule has 0 bridgehead atoms. The van der Waals surface area contributed by atoms with Crippen LogP contribution in [0, 0.1) is 17.8 Å². The molecular weight excluding hydrogens is 546 g/mol. The molecule has 0 aromatic heterocycles. The van der Waals surface area contributed by atoms with Gasteiger partial charge in [0.1, 0.15) is 23.0 Å². The number of ketones is 1. The number of benzene rings is 2. The molecule has 4 unspecified atom stereocenters. The quantitative estimate of drug-likeness (QED) is 0.164. The van der Waals surface area contributed by atoms with Gasteiger partial charge in [-0.25, -0.2) is 0 Å². The summed E-state index contributed by atoms with van der Waals surface area (Å²) in [6.07, 6.45) is 6.48. The maximum absolute atomic E-state index is 14.0. The van der Waals surface area contributed by atoms with E-state index < -0.39 is 16.8 Å². The summed E-state index contributed by atoms with van der Waals surface area (Å²) in [5.41, 5.74) is 0.716. The van der Waals surface area contributed by atoms with Gasteiger partial charge >= 0.3 is 0 Å². The van der Waals surface area contributed by atoms with Gasteiger partial charge in [0.05, 0.1) is 31.5 Å². The first-order chi connectivity index (χ1) is 19.2. The van der Waals surface area contributed by atoms with Gasteiger partial charge in [-0.15, -0.1) is 0 Å². The third-order valence-electron chi connectivity index (χ3n) is 7.31. The lowest BCUT2D eigenvalue weighted by Crippen LogP contribution is -2.33. The van der Waals surface area contributed by atoms with E-state index in [4.69, 9.17) is 23.0 Å². The van der Waals surface area contributed by atoms with Crippen LogP contribution in [0.15, 0.2) is 36.4 Å². The van der Waals surface area contributed by atoms with Crippen LogP contribution in [0.4, 0.5) is 0 Å². The summed E-state index contributed by atoms with van der Waals surface area (Å²) in [6, 6.07) is 10.2. The smallest absolute Gasteiger partial charge is 0.230 e. The summed E-state index contributed by atoms with van der Waals surface area (Å²) in [6.45, 7) is 10.9. The molecule has 1 aliphatic rings. The Hall–Kier alpha value is -1.91. The molecule has 9 heteroatoms. The molecule has 1 saturated carbocycles. The summed E-state index contributed by atoms with van der Waals surface area (Å²) >= 11 is 0. The normalized spacial score (nSPS) is 20.6. The Kier molecular flexibility index (Phi) is 13.0. The number of carbonyl (C=O) groups is 1. The van der Waals surface area contributed by atoms with Crippen molar-refractivity contribution in [2.75, 3.05) is 26.5 Å². The Morgan fingerprint density at radius 2 is 1.50 bits per heavy atom. The van der Waals surface area contributed by atoms with E-state index >= 15 is 0 Å². The summed E-state index contributed by atoms with van der Waals surface area (Å²) < 4.78 is 30.0. The first kappa shape index (κ1) is 32.6. The van der Waals surface area contributed by atoms with Crippen molar-refractivity contribution in [3.63, 3.8) is 0 Å². The fourth-order valence-corrected chi connectivity index (χ4v) is 7.45. The van der Waals surface area contributed by atoms with Crippen LogP contribution < -0.4 is 18.5 Å². The Morgan fingerprint density at radius 1 is 0.925 bits per heavy atom. The highest BCUT2D eigenvalue weighted by atomic mass is 31.2. The average Bonchev–Trinajstić information content (AvgIpc) is 2.92. The zero-order valence-corrected chi connectivity index (χ0v) is 26.8. The van der Waals surface area contributed by atoms with Gasteiger partial charge in [0.2, 0.25) is 22.5 Å². The number of rotatable bonds is 15. The van der Waals surface area contributed by atoms with Gasteiger partial charge < -0.3 is 27.9 Å². The van der Waals surface area contributed by atoms with E-state index in [1.807, 2.05) is 6.92 Å². The molecule has 1 aliphatic carbocycles. The third kappa shape index (κ3) is 8.79. The highest BCUT2D eigenvalue weighted by Crippen LogP contribution is 2.48. The molecular formula is C31H46O7P2. The van der Waals surface area contributed by atoms with E-state index in [0.29, 0.717) is 52.3 Å². The van der Waals surface area contributed by atoms with Crippen LogP contribution >= 0.6 is 16.8 Å². The zero-order valence-electron chi connectivity index (χ0n) is 25.0. The van der Waals surface area contributed by atoms with Crippen LogP contribution in [0.3, 0.4) is 0 Å². The monoisotopic (exact) mass is 592 g/mol. The van der Waals surface area contributed by atoms with Crippen molar-refractivity contribution in [2.45, 2.75) is 72.8 Å². The number of methoxy groups -OCH3 is 2. The minimum absolute atomic E-state index is 0.134. The molecule has 0 heterocycles. The van der Waals surface area contributed by atoms with Crippen molar-refractivity contribution in [3.8, 4) is 23.0 Å². The fraction of sp³-hybridized carbons (Fsp3) is 0.581. The Bertz CT molecular complexity index is 1090. The molecule has 222 valence electrons. The number of ether oxygens (including phenoxy) is 2. The van der Waals surface area contributed by atoms with Gasteiger partial charge in [-0.2, -0.15) is 0 Å². The maximum Gasteiger partial charge on any atom is 0.230 e. The Morgan fingerprint density at radius 3 is 2.02 bits per heavy atom. The molecule has 0 saturated heterocycles. The topological polar surface area (TPSA) is 83.5 Å². The second-order valence-corrected chi connectivity index (χ2v) is 13.7. The minimum atomic E-state index is -1.72. The van der Waals surface area contributed by atoms with Crippen molar-refractivity contribution < 1.29 is 32.7 Å². The summed E-state index contributed by atoms with van der Waals surface area (Å²) in [4.78, 5) is 24.4. The predicted molar refractivity (Wildman–Crippen MR) is 163 cm³/mol. The first-order valence-corrected chi connectivity index (χ1v) is 17.1.